The van der Waals surface area contributed by atoms with Gasteiger partial charge in [0.2, 0.25) is 15.9 Å². The summed E-state index contributed by atoms with van der Waals surface area (Å²) < 4.78 is 28.2. The number of sulfonamides is 1. The first-order valence-electron chi connectivity index (χ1n) is 9.47. The molecule has 0 atom stereocenters. The second-order valence-electron chi connectivity index (χ2n) is 7.20. The number of aromatic nitrogens is 1. The fourth-order valence-corrected chi connectivity index (χ4v) is 5.25. The molecular weight excluding hydrogens is 354 g/mol. The Labute approximate surface area is 154 Å². The van der Waals surface area contributed by atoms with Crippen molar-refractivity contribution in [2.45, 2.75) is 68.8 Å². The Hall–Kier alpha value is -1.67. The normalized spacial score (nSPS) is 20.0. The van der Waals surface area contributed by atoms with Gasteiger partial charge in [0.1, 0.15) is 6.54 Å². The highest BCUT2D eigenvalue weighted by atomic mass is 32.2. The quantitative estimate of drug-likeness (QED) is 0.837. The third-order valence-corrected chi connectivity index (χ3v) is 7.08. The van der Waals surface area contributed by atoms with Crippen LogP contribution in [0.2, 0.25) is 0 Å². The maximum Gasteiger partial charge on any atom is 0.251 e. The van der Waals surface area contributed by atoms with Gasteiger partial charge in [0.15, 0.2) is 0 Å². The average molecular weight is 381 g/mol. The van der Waals surface area contributed by atoms with Crippen LogP contribution in [0.5, 0.6) is 0 Å². The topological polar surface area (TPSA) is 88.5 Å². The summed E-state index contributed by atoms with van der Waals surface area (Å²) in [5.41, 5.74) is -0.374. The van der Waals surface area contributed by atoms with Gasteiger partial charge in [-0.25, -0.2) is 8.42 Å². The van der Waals surface area contributed by atoms with Gasteiger partial charge in [-0.15, -0.1) is 0 Å². The van der Waals surface area contributed by atoms with E-state index in [1.54, 1.807) is 0 Å². The lowest BCUT2D eigenvalue weighted by molar-refractivity contribution is -0.122. The maximum absolute atomic E-state index is 12.8. The molecule has 1 saturated carbocycles. The Bertz CT molecular complexity index is 791. The molecule has 2 heterocycles. The van der Waals surface area contributed by atoms with E-state index in [-0.39, 0.29) is 28.9 Å². The highest BCUT2D eigenvalue weighted by Gasteiger charge is 2.26. The molecule has 1 aliphatic heterocycles. The molecule has 2 aliphatic rings. The maximum atomic E-state index is 12.8. The highest BCUT2D eigenvalue weighted by Crippen LogP contribution is 2.20. The first kappa shape index (κ1) is 19.1. The van der Waals surface area contributed by atoms with Crippen molar-refractivity contribution in [2.75, 3.05) is 13.1 Å². The van der Waals surface area contributed by atoms with Crippen molar-refractivity contribution in [1.29, 1.82) is 0 Å². The summed E-state index contributed by atoms with van der Waals surface area (Å²) in [6, 6.07) is 2.72. The third kappa shape index (κ3) is 4.54. The minimum absolute atomic E-state index is 0.0736. The SMILES string of the molecule is O=C(Cn1cc(S(=O)(=O)N2CCCCC2)ccc1=O)NC1CCCCC1. The fraction of sp³-hybridized carbons (Fsp3) is 0.667. The Balaban J connectivity index is 1.72. The zero-order valence-corrected chi connectivity index (χ0v) is 15.8. The van der Waals surface area contributed by atoms with Crippen LogP contribution in [0.3, 0.4) is 0 Å². The molecule has 26 heavy (non-hydrogen) atoms. The summed E-state index contributed by atoms with van der Waals surface area (Å²) in [7, 11) is -3.62. The number of hydrogen-bond acceptors (Lipinski definition) is 4. The predicted octanol–water partition coefficient (Wildman–Crippen LogP) is 1.47. The molecule has 0 aromatic carbocycles. The van der Waals surface area contributed by atoms with Crippen molar-refractivity contribution in [3.8, 4) is 0 Å². The van der Waals surface area contributed by atoms with E-state index in [0.29, 0.717) is 13.1 Å². The van der Waals surface area contributed by atoms with Crippen molar-refractivity contribution in [3.63, 3.8) is 0 Å². The molecular formula is C18H27N3O4S. The molecule has 1 saturated heterocycles. The van der Waals surface area contributed by atoms with E-state index in [0.717, 1.165) is 44.9 Å². The summed E-state index contributed by atoms with van der Waals surface area (Å²) in [5.74, 6) is -0.244. The van der Waals surface area contributed by atoms with Crippen molar-refractivity contribution < 1.29 is 13.2 Å². The molecule has 0 radical (unpaired) electrons. The summed E-state index contributed by atoms with van der Waals surface area (Å²) >= 11 is 0. The summed E-state index contributed by atoms with van der Waals surface area (Å²) in [6.07, 6.45) is 9.37. The summed E-state index contributed by atoms with van der Waals surface area (Å²) in [4.78, 5) is 24.4. The van der Waals surface area contributed by atoms with E-state index in [1.807, 2.05) is 0 Å². The molecule has 0 bridgehead atoms. The van der Waals surface area contributed by atoms with Crippen LogP contribution in [-0.4, -0.2) is 42.3 Å². The zero-order valence-electron chi connectivity index (χ0n) is 15.0. The van der Waals surface area contributed by atoms with E-state index in [2.05, 4.69) is 5.32 Å². The monoisotopic (exact) mass is 381 g/mol. The van der Waals surface area contributed by atoms with Gasteiger partial charge in [-0.3, -0.25) is 9.59 Å². The van der Waals surface area contributed by atoms with Gasteiger partial charge < -0.3 is 9.88 Å². The fourth-order valence-electron chi connectivity index (χ4n) is 3.71. The first-order chi connectivity index (χ1) is 12.5. The molecule has 8 heteroatoms. The molecule has 1 aliphatic carbocycles. The number of rotatable bonds is 5. The Morgan fingerprint density at radius 1 is 1.04 bits per heavy atom. The number of nitrogens with zero attached hydrogens (tertiary/aromatic N) is 2. The number of carbonyl (C=O) groups is 1. The molecule has 1 aromatic heterocycles. The van der Waals surface area contributed by atoms with Crippen LogP contribution >= 0.6 is 0 Å². The van der Waals surface area contributed by atoms with Gasteiger partial charge in [-0.1, -0.05) is 25.7 Å². The number of carbonyl (C=O) groups excluding carboxylic acids is 1. The van der Waals surface area contributed by atoms with Crippen molar-refractivity contribution >= 4 is 15.9 Å². The molecule has 1 amide bonds. The first-order valence-corrected chi connectivity index (χ1v) is 10.9. The van der Waals surface area contributed by atoms with E-state index in [1.165, 1.54) is 33.6 Å². The molecule has 2 fully saturated rings. The van der Waals surface area contributed by atoms with Crippen LogP contribution in [0, 0.1) is 0 Å². The second-order valence-corrected chi connectivity index (χ2v) is 9.14. The van der Waals surface area contributed by atoms with E-state index in [9.17, 15) is 18.0 Å². The number of nitrogens with one attached hydrogen (secondary N) is 1. The summed E-state index contributed by atoms with van der Waals surface area (Å²) in [5, 5.41) is 2.96. The van der Waals surface area contributed by atoms with Gasteiger partial charge in [0.05, 0.1) is 4.90 Å². The average Bonchev–Trinajstić information content (AvgIpc) is 2.65. The minimum atomic E-state index is -3.62. The van der Waals surface area contributed by atoms with Crippen molar-refractivity contribution in [1.82, 2.24) is 14.2 Å². The number of pyridine rings is 1. The lowest BCUT2D eigenvalue weighted by Crippen LogP contribution is -2.40. The Morgan fingerprint density at radius 2 is 1.69 bits per heavy atom. The van der Waals surface area contributed by atoms with Gasteiger partial charge in [-0.05, 0) is 31.7 Å². The van der Waals surface area contributed by atoms with Crippen LogP contribution in [0.1, 0.15) is 51.4 Å². The van der Waals surface area contributed by atoms with Crippen LogP contribution < -0.4 is 10.9 Å². The van der Waals surface area contributed by atoms with Gasteiger partial charge >= 0.3 is 0 Å². The molecule has 1 N–H and O–H groups in total. The lowest BCUT2D eigenvalue weighted by Gasteiger charge is -2.26. The van der Waals surface area contributed by atoms with Crippen LogP contribution in [-0.2, 0) is 21.4 Å². The lowest BCUT2D eigenvalue weighted by atomic mass is 9.95. The van der Waals surface area contributed by atoms with Crippen molar-refractivity contribution in [3.05, 3.63) is 28.7 Å². The standard InChI is InChI=1S/C18H27N3O4S/c22-17(19-15-7-3-1-4-8-15)14-20-13-16(9-10-18(20)23)26(24,25)21-11-5-2-6-12-21/h9-10,13,15H,1-8,11-12,14H2,(H,19,22). The van der Waals surface area contributed by atoms with Gasteiger partial charge in [0.25, 0.3) is 5.56 Å². The van der Waals surface area contributed by atoms with Gasteiger partial charge in [-0.2, -0.15) is 4.31 Å². The van der Waals surface area contributed by atoms with E-state index in [4.69, 9.17) is 0 Å². The van der Waals surface area contributed by atoms with Crippen LogP contribution in [0.25, 0.3) is 0 Å². The molecule has 0 spiro atoms. The molecule has 1 aromatic rings. The molecule has 0 unspecified atom stereocenters. The van der Waals surface area contributed by atoms with E-state index >= 15 is 0 Å². The summed E-state index contributed by atoms with van der Waals surface area (Å²) in [6.45, 7) is 0.853. The number of amides is 1. The largest absolute Gasteiger partial charge is 0.352 e. The molecule has 144 valence electrons. The second kappa shape index (κ2) is 8.35. The van der Waals surface area contributed by atoms with Crippen molar-refractivity contribution in [2.24, 2.45) is 0 Å². The smallest absolute Gasteiger partial charge is 0.251 e. The predicted molar refractivity (Wildman–Crippen MR) is 98.3 cm³/mol. The number of hydrogen-bond donors (Lipinski definition) is 1. The zero-order chi connectivity index (χ0) is 18.6. The third-order valence-electron chi connectivity index (χ3n) is 5.19. The van der Waals surface area contributed by atoms with Crippen LogP contribution in [0.15, 0.2) is 28.0 Å². The number of piperidine rings is 1. The highest BCUT2D eigenvalue weighted by molar-refractivity contribution is 7.89. The minimum Gasteiger partial charge on any atom is -0.352 e. The Kier molecular flexibility index (Phi) is 6.13. The molecule has 7 nitrogen and oxygen atoms in total. The van der Waals surface area contributed by atoms with Gasteiger partial charge in [0, 0.05) is 31.4 Å². The van der Waals surface area contributed by atoms with E-state index < -0.39 is 10.0 Å². The molecule has 3 rings (SSSR count). The van der Waals surface area contributed by atoms with Crippen LogP contribution in [0.4, 0.5) is 0 Å². The Morgan fingerprint density at radius 3 is 2.38 bits per heavy atom.